The lowest BCUT2D eigenvalue weighted by Crippen LogP contribution is -2.16. The van der Waals surface area contributed by atoms with Gasteiger partial charge in [-0.25, -0.2) is 0 Å². The molecule has 1 heterocycles. The Morgan fingerprint density at radius 3 is 2.61 bits per heavy atom. The largest absolute Gasteiger partial charge is 0.492 e. The maximum absolute atomic E-state index is 5.68. The number of benzene rings is 2. The average Bonchev–Trinajstić information content (AvgIpc) is 2.64. The van der Waals surface area contributed by atoms with E-state index in [9.17, 15) is 0 Å². The molecule has 0 amide bonds. The van der Waals surface area contributed by atoms with Gasteiger partial charge in [-0.2, -0.15) is 0 Å². The molecule has 2 aromatic carbocycles. The smallest absolute Gasteiger partial charge is 0.123 e. The van der Waals surface area contributed by atoms with Gasteiger partial charge in [-0.05, 0) is 23.3 Å². The fraction of sp³-hybridized carbons (Fsp3) is 0.200. The normalized spacial score (nSPS) is 13.8. The number of hydrogen-bond donors (Lipinski definition) is 1. The van der Waals surface area contributed by atoms with Gasteiger partial charge in [0.05, 0.1) is 0 Å². The second-order valence-corrected chi connectivity index (χ2v) is 4.21. The van der Waals surface area contributed by atoms with Gasteiger partial charge in [-0.1, -0.05) is 36.4 Å². The monoisotopic (exact) mass is 261 g/mol. The summed E-state index contributed by atoms with van der Waals surface area (Å²) in [6.07, 6.45) is 0. The fourth-order valence-electron chi connectivity index (χ4n) is 2.12. The van der Waals surface area contributed by atoms with Gasteiger partial charge >= 0.3 is 0 Å². The van der Waals surface area contributed by atoms with Gasteiger partial charge in [0.2, 0.25) is 0 Å². The second kappa shape index (κ2) is 5.89. The van der Waals surface area contributed by atoms with Crippen LogP contribution in [0.1, 0.15) is 5.56 Å². The molecule has 2 nitrogen and oxygen atoms in total. The summed E-state index contributed by atoms with van der Waals surface area (Å²) in [5.74, 6) is 1.01. The predicted octanol–water partition coefficient (Wildman–Crippen LogP) is 3.26. The van der Waals surface area contributed by atoms with E-state index in [0.717, 1.165) is 25.4 Å². The van der Waals surface area contributed by atoms with E-state index >= 15 is 0 Å². The summed E-state index contributed by atoms with van der Waals surface area (Å²) in [6.45, 7) is 2.54. The van der Waals surface area contributed by atoms with E-state index in [1.807, 2.05) is 6.07 Å². The van der Waals surface area contributed by atoms with E-state index in [4.69, 9.17) is 4.74 Å². The lowest BCUT2D eigenvalue weighted by Gasteiger charge is -2.09. The first-order valence-corrected chi connectivity index (χ1v) is 5.95. The van der Waals surface area contributed by atoms with Crippen molar-refractivity contribution in [2.24, 2.45) is 0 Å². The summed E-state index contributed by atoms with van der Waals surface area (Å²) < 4.78 is 5.68. The van der Waals surface area contributed by atoms with Gasteiger partial charge in [-0.15, -0.1) is 12.4 Å². The van der Waals surface area contributed by atoms with Crippen molar-refractivity contribution < 1.29 is 4.74 Å². The highest BCUT2D eigenvalue weighted by molar-refractivity contribution is 5.85. The summed E-state index contributed by atoms with van der Waals surface area (Å²) in [5, 5.41) is 3.36. The summed E-state index contributed by atoms with van der Waals surface area (Å²) in [6, 6.07) is 16.8. The molecular formula is C15H16ClNO. The summed E-state index contributed by atoms with van der Waals surface area (Å²) >= 11 is 0. The maximum atomic E-state index is 5.68. The van der Waals surface area contributed by atoms with Gasteiger partial charge in [0.25, 0.3) is 0 Å². The first kappa shape index (κ1) is 12.9. The molecule has 1 aliphatic heterocycles. The first-order valence-electron chi connectivity index (χ1n) is 5.95. The third-order valence-electron chi connectivity index (χ3n) is 3.02. The van der Waals surface area contributed by atoms with E-state index in [-0.39, 0.29) is 12.4 Å². The molecule has 0 aliphatic carbocycles. The zero-order chi connectivity index (χ0) is 11.5. The predicted molar refractivity (Wildman–Crippen MR) is 76.3 cm³/mol. The molecule has 0 spiro atoms. The lowest BCUT2D eigenvalue weighted by atomic mass is 10.0. The minimum absolute atomic E-state index is 0. The van der Waals surface area contributed by atoms with Gasteiger partial charge in [0.1, 0.15) is 12.4 Å². The van der Waals surface area contributed by atoms with Crippen LogP contribution in [0.3, 0.4) is 0 Å². The van der Waals surface area contributed by atoms with Crippen molar-refractivity contribution >= 4 is 12.4 Å². The molecule has 0 bridgehead atoms. The van der Waals surface area contributed by atoms with Crippen molar-refractivity contribution in [3.63, 3.8) is 0 Å². The molecule has 0 saturated heterocycles. The first-order chi connectivity index (χ1) is 8.43. The fourth-order valence-corrected chi connectivity index (χ4v) is 2.12. The van der Waals surface area contributed by atoms with Crippen LogP contribution in [0.15, 0.2) is 48.5 Å². The van der Waals surface area contributed by atoms with E-state index in [2.05, 4.69) is 47.8 Å². The van der Waals surface area contributed by atoms with E-state index in [1.54, 1.807) is 0 Å². The van der Waals surface area contributed by atoms with Crippen molar-refractivity contribution in [3.05, 3.63) is 54.1 Å². The molecule has 2 aromatic rings. The number of fused-ring (bicyclic) bond motifs is 1. The Bertz CT molecular complexity index is 513. The Kier molecular flexibility index (Phi) is 4.24. The molecule has 0 atom stereocenters. The Morgan fingerprint density at radius 1 is 0.944 bits per heavy atom. The Labute approximate surface area is 113 Å². The van der Waals surface area contributed by atoms with E-state index in [0.29, 0.717) is 0 Å². The van der Waals surface area contributed by atoms with Crippen molar-refractivity contribution in [3.8, 4) is 16.9 Å². The maximum Gasteiger partial charge on any atom is 0.123 e. The van der Waals surface area contributed by atoms with Crippen LogP contribution in [0.25, 0.3) is 11.1 Å². The van der Waals surface area contributed by atoms with Crippen LogP contribution in [-0.4, -0.2) is 13.2 Å². The number of ether oxygens (including phenoxy) is 1. The third kappa shape index (κ3) is 2.66. The van der Waals surface area contributed by atoms with Crippen LogP contribution in [0.2, 0.25) is 0 Å². The van der Waals surface area contributed by atoms with Crippen LogP contribution < -0.4 is 10.1 Å². The Balaban J connectivity index is 0.00000120. The van der Waals surface area contributed by atoms with Crippen molar-refractivity contribution in [2.45, 2.75) is 6.54 Å². The number of rotatable bonds is 1. The average molecular weight is 262 g/mol. The molecule has 0 saturated carbocycles. The topological polar surface area (TPSA) is 21.3 Å². The lowest BCUT2D eigenvalue weighted by molar-refractivity contribution is 0.326. The van der Waals surface area contributed by atoms with Crippen LogP contribution in [0.5, 0.6) is 5.75 Å². The molecule has 1 aliphatic rings. The third-order valence-corrected chi connectivity index (χ3v) is 3.02. The Hall–Kier alpha value is -1.51. The minimum atomic E-state index is 0. The quantitative estimate of drug-likeness (QED) is 0.851. The zero-order valence-corrected chi connectivity index (χ0v) is 10.9. The van der Waals surface area contributed by atoms with Crippen molar-refractivity contribution in [1.82, 2.24) is 5.32 Å². The molecule has 0 radical (unpaired) electrons. The number of nitrogens with one attached hydrogen (secondary N) is 1. The van der Waals surface area contributed by atoms with Crippen molar-refractivity contribution in [1.29, 1.82) is 0 Å². The highest BCUT2D eigenvalue weighted by Crippen LogP contribution is 2.27. The molecule has 1 N–H and O–H groups in total. The Morgan fingerprint density at radius 2 is 1.78 bits per heavy atom. The molecule has 0 fully saturated rings. The van der Waals surface area contributed by atoms with Crippen LogP contribution >= 0.6 is 12.4 Å². The SMILES string of the molecule is Cl.c1ccc(-c2ccc3c(c2)CNCCO3)cc1. The van der Waals surface area contributed by atoms with Gasteiger partial charge in [-0.3, -0.25) is 0 Å². The summed E-state index contributed by atoms with van der Waals surface area (Å²) in [5.41, 5.74) is 3.74. The van der Waals surface area contributed by atoms with Crippen molar-refractivity contribution in [2.75, 3.05) is 13.2 Å². The molecule has 0 aromatic heterocycles. The molecular weight excluding hydrogens is 246 g/mol. The molecule has 94 valence electrons. The standard InChI is InChI=1S/C15H15NO.ClH/c1-2-4-12(5-3-1)13-6-7-15-14(10-13)11-16-8-9-17-15;/h1-7,10,16H,8-9,11H2;1H. The highest BCUT2D eigenvalue weighted by Gasteiger charge is 2.09. The molecule has 18 heavy (non-hydrogen) atoms. The van der Waals surface area contributed by atoms with Crippen LogP contribution in [0, 0.1) is 0 Å². The molecule has 3 rings (SSSR count). The highest BCUT2D eigenvalue weighted by atomic mass is 35.5. The van der Waals surface area contributed by atoms with Gasteiger partial charge < -0.3 is 10.1 Å². The summed E-state index contributed by atoms with van der Waals surface area (Å²) in [4.78, 5) is 0. The van der Waals surface area contributed by atoms with Gasteiger partial charge in [0.15, 0.2) is 0 Å². The van der Waals surface area contributed by atoms with Gasteiger partial charge in [0, 0.05) is 18.7 Å². The molecule has 3 heteroatoms. The van der Waals surface area contributed by atoms with E-state index in [1.165, 1.54) is 16.7 Å². The summed E-state index contributed by atoms with van der Waals surface area (Å²) in [7, 11) is 0. The number of halogens is 1. The second-order valence-electron chi connectivity index (χ2n) is 4.21. The number of hydrogen-bond acceptors (Lipinski definition) is 2. The van der Waals surface area contributed by atoms with Crippen LogP contribution in [0.4, 0.5) is 0 Å². The van der Waals surface area contributed by atoms with E-state index < -0.39 is 0 Å². The molecule has 0 unspecified atom stereocenters. The van der Waals surface area contributed by atoms with Crippen LogP contribution in [-0.2, 0) is 6.54 Å². The zero-order valence-electron chi connectivity index (χ0n) is 10.1. The minimum Gasteiger partial charge on any atom is -0.492 e.